The van der Waals surface area contributed by atoms with Gasteiger partial charge in [0.05, 0.1) is 6.26 Å². The van der Waals surface area contributed by atoms with Gasteiger partial charge in [-0.05, 0) is 19.3 Å². The maximum absolute atomic E-state index is 11.9. The van der Waals surface area contributed by atoms with E-state index in [0.717, 1.165) is 38.6 Å². The van der Waals surface area contributed by atoms with Gasteiger partial charge in [0.1, 0.15) is 17.7 Å². The van der Waals surface area contributed by atoms with Crippen molar-refractivity contribution in [2.75, 3.05) is 24.2 Å². The lowest BCUT2D eigenvalue weighted by molar-refractivity contribution is 0.0981. The molecule has 1 saturated heterocycles. The van der Waals surface area contributed by atoms with Gasteiger partial charge in [-0.1, -0.05) is 0 Å². The number of piperidine rings is 1. The van der Waals surface area contributed by atoms with Crippen LogP contribution in [0.2, 0.25) is 0 Å². The third-order valence-corrected chi connectivity index (χ3v) is 3.43. The van der Waals surface area contributed by atoms with Crippen LogP contribution in [0.4, 0.5) is 5.82 Å². The van der Waals surface area contributed by atoms with Crippen molar-refractivity contribution < 1.29 is 13.2 Å². The molecule has 1 fully saturated rings. The first-order valence-electron chi connectivity index (χ1n) is 6.04. The van der Waals surface area contributed by atoms with E-state index < -0.39 is 15.9 Å². The van der Waals surface area contributed by atoms with Crippen LogP contribution >= 0.6 is 0 Å². The average Bonchev–Trinajstić information content (AvgIpc) is 2.38. The van der Waals surface area contributed by atoms with Crippen LogP contribution in [0.15, 0.2) is 12.5 Å². The van der Waals surface area contributed by atoms with Gasteiger partial charge in [-0.2, -0.15) is 0 Å². The number of amides is 1. The van der Waals surface area contributed by atoms with Gasteiger partial charge in [0, 0.05) is 19.3 Å². The van der Waals surface area contributed by atoms with Crippen LogP contribution in [-0.2, 0) is 10.0 Å². The normalized spacial score (nSPS) is 16.2. The van der Waals surface area contributed by atoms with Crippen LogP contribution in [0.1, 0.15) is 29.6 Å². The number of sulfonamides is 1. The zero-order valence-corrected chi connectivity index (χ0v) is 11.5. The van der Waals surface area contributed by atoms with Gasteiger partial charge in [0.15, 0.2) is 0 Å². The molecular formula is C11H16N4O3S. The molecule has 1 amide bonds. The van der Waals surface area contributed by atoms with Crippen molar-refractivity contribution in [3.05, 3.63) is 18.1 Å². The quantitative estimate of drug-likeness (QED) is 0.849. The van der Waals surface area contributed by atoms with Crippen LogP contribution in [0.25, 0.3) is 0 Å². The summed E-state index contributed by atoms with van der Waals surface area (Å²) in [6.45, 7) is 1.63. The molecule has 1 aromatic heterocycles. The standard InChI is InChI=1S/C11H16N4O3S/c1-19(17,18)14-11(16)9-7-12-8-13-10(9)15-5-3-2-4-6-15/h7-8H,2-6H2,1H3,(H,14,16). The summed E-state index contributed by atoms with van der Waals surface area (Å²) < 4.78 is 24.2. The summed E-state index contributed by atoms with van der Waals surface area (Å²) in [7, 11) is -3.59. The van der Waals surface area contributed by atoms with Crippen molar-refractivity contribution in [3.63, 3.8) is 0 Å². The Morgan fingerprint density at radius 2 is 2.00 bits per heavy atom. The second-order valence-corrected chi connectivity index (χ2v) is 6.26. The number of nitrogens with one attached hydrogen (secondary N) is 1. The van der Waals surface area contributed by atoms with E-state index in [-0.39, 0.29) is 5.56 Å². The highest BCUT2D eigenvalue weighted by molar-refractivity contribution is 7.89. The Morgan fingerprint density at radius 3 is 2.63 bits per heavy atom. The molecule has 1 aliphatic rings. The lowest BCUT2D eigenvalue weighted by Gasteiger charge is -2.28. The highest BCUT2D eigenvalue weighted by Crippen LogP contribution is 2.20. The average molecular weight is 284 g/mol. The highest BCUT2D eigenvalue weighted by Gasteiger charge is 2.21. The van der Waals surface area contributed by atoms with E-state index >= 15 is 0 Å². The summed E-state index contributed by atoms with van der Waals surface area (Å²) >= 11 is 0. The van der Waals surface area contributed by atoms with E-state index in [2.05, 4.69) is 9.97 Å². The Kier molecular flexibility index (Phi) is 3.98. The summed E-state index contributed by atoms with van der Waals surface area (Å²) in [6.07, 6.45) is 6.88. The molecule has 8 heteroatoms. The molecule has 104 valence electrons. The number of rotatable bonds is 3. The number of anilines is 1. The molecule has 0 aromatic carbocycles. The fraction of sp³-hybridized carbons (Fsp3) is 0.545. The maximum Gasteiger partial charge on any atom is 0.270 e. The highest BCUT2D eigenvalue weighted by atomic mass is 32.2. The molecule has 0 spiro atoms. The predicted octanol–water partition coefficient (Wildman–Crippen LogP) is 0.156. The first-order chi connectivity index (χ1) is 8.97. The van der Waals surface area contributed by atoms with Gasteiger partial charge in [-0.3, -0.25) is 4.79 Å². The van der Waals surface area contributed by atoms with Crippen LogP contribution in [0.3, 0.4) is 0 Å². The van der Waals surface area contributed by atoms with Crippen molar-refractivity contribution in [1.29, 1.82) is 0 Å². The molecule has 1 N–H and O–H groups in total. The first kappa shape index (κ1) is 13.7. The molecule has 0 bridgehead atoms. The van der Waals surface area contributed by atoms with Crippen molar-refractivity contribution in [3.8, 4) is 0 Å². The van der Waals surface area contributed by atoms with E-state index in [0.29, 0.717) is 5.82 Å². The Morgan fingerprint density at radius 1 is 1.32 bits per heavy atom. The minimum atomic E-state index is -3.59. The van der Waals surface area contributed by atoms with E-state index in [1.807, 2.05) is 9.62 Å². The Balaban J connectivity index is 2.27. The fourth-order valence-corrected chi connectivity index (χ4v) is 2.51. The van der Waals surface area contributed by atoms with Crippen LogP contribution in [0, 0.1) is 0 Å². The monoisotopic (exact) mass is 284 g/mol. The summed E-state index contributed by atoms with van der Waals surface area (Å²) in [4.78, 5) is 21.8. The van der Waals surface area contributed by atoms with Crippen molar-refractivity contribution in [2.24, 2.45) is 0 Å². The SMILES string of the molecule is CS(=O)(=O)NC(=O)c1cncnc1N1CCCCC1. The van der Waals surface area contributed by atoms with E-state index in [4.69, 9.17) is 0 Å². The summed E-state index contributed by atoms with van der Waals surface area (Å²) in [5.74, 6) is -0.195. The van der Waals surface area contributed by atoms with Gasteiger partial charge in [-0.25, -0.2) is 23.1 Å². The molecule has 2 heterocycles. The molecule has 2 rings (SSSR count). The van der Waals surface area contributed by atoms with Gasteiger partial charge in [0.2, 0.25) is 10.0 Å². The lowest BCUT2D eigenvalue weighted by atomic mass is 10.1. The molecule has 0 radical (unpaired) electrons. The van der Waals surface area contributed by atoms with Gasteiger partial charge in [0.25, 0.3) is 5.91 Å². The zero-order chi connectivity index (χ0) is 13.9. The molecule has 1 aromatic rings. The van der Waals surface area contributed by atoms with Gasteiger partial charge >= 0.3 is 0 Å². The van der Waals surface area contributed by atoms with E-state index in [1.54, 1.807) is 0 Å². The van der Waals surface area contributed by atoms with E-state index in [9.17, 15) is 13.2 Å². The first-order valence-corrected chi connectivity index (χ1v) is 7.93. The number of aromatic nitrogens is 2. The second kappa shape index (κ2) is 5.52. The van der Waals surface area contributed by atoms with Crippen molar-refractivity contribution in [1.82, 2.24) is 14.7 Å². The fourth-order valence-electron chi connectivity index (χ4n) is 2.06. The molecule has 0 aliphatic carbocycles. The minimum absolute atomic E-state index is 0.190. The van der Waals surface area contributed by atoms with Crippen LogP contribution in [0.5, 0.6) is 0 Å². The van der Waals surface area contributed by atoms with Gasteiger partial charge in [-0.15, -0.1) is 0 Å². The number of carbonyl (C=O) groups excluding carboxylic acids is 1. The molecule has 19 heavy (non-hydrogen) atoms. The summed E-state index contributed by atoms with van der Waals surface area (Å²) in [5.41, 5.74) is 0.190. The Bertz CT molecular complexity index is 567. The van der Waals surface area contributed by atoms with E-state index in [1.165, 1.54) is 12.5 Å². The molecular weight excluding hydrogens is 268 g/mol. The molecule has 7 nitrogen and oxygen atoms in total. The van der Waals surface area contributed by atoms with Gasteiger partial charge < -0.3 is 4.90 Å². The third-order valence-electron chi connectivity index (χ3n) is 2.87. The molecule has 1 aliphatic heterocycles. The maximum atomic E-state index is 11.9. The number of carbonyl (C=O) groups is 1. The molecule has 0 unspecified atom stereocenters. The van der Waals surface area contributed by atoms with Crippen LogP contribution < -0.4 is 9.62 Å². The number of hydrogen-bond acceptors (Lipinski definition) is 6. The minimum Gasteiger partial charge on any atom is -0.356 e. The molecule has 0 saturated carbocycles. The zero-order valence-electron chi connectivity index (χ0n) is 10.7. The second-order valence-electron chi connectivity index (χ2n) is 4.51. The topological polar surface area (TPSA) is 92.3 Å². The smallest absolute Gasteiger partial charge is 0.270 e. The number of nitrogens with zero attached hydrogens (tertiary/aromatic N) is 3. The number of hydrogen-bond donors (Lipinski definition) is 1. The molecule has 0 atom stereocenters. The van der Waals surface area contributed by atoms with Crippen molar-refractivity contribution >= 4 is 21.7 Å². The Labute approximate surface area is 112 Å². The summed E-state index contributed by atoms with van der Waals surface area (Å²) in [5, 5.41) is 0. The lowest BCUT2D eigenvalue weighted by Crippen LogP contribution is -2.35. The Hall–Kier alpha value is -1.70. The van der Waals surface area contributed by atoms with Crippen LogP contribution in [-0.4, -0.2) is 43.6 Å². The largest absolute Gasteiger partial charge is 0.356 e. The summed E-state index contributed by atoms with van der Waals surface area (Å²) in [6, 6.07) is 0. The third kappa shape index (κ3) is 3.63. The predicted molar refractivity (Wildman–Crippen MR) is 70.4 cm³/mol. The van der Waals surface area contributed by atoms with Crippen molar-refractivity contribution in [2.45, 2.75) is 19.3 Å².